The van der Waals surface area contributed by atoms with Crippen LogP contribution in [0.3, 0.4) is 0 Å². The summed E-state index contributed by atoms with van der Waals surface area (Å²) < 4.78 is 9.44. The van der Waals surface area contributed by atoms with Crippen LogP contribution in [0.2, 0.25) is 0 Å². The van der Waals surface area contributed by atoms with Crippen LogP contribution in [-0.2, 0) is 17.8 Å². The summed E-state index contributed by atoms with van der Waals surface area (Å²) in [5.74, 6) is 1.22. The second-order valence-corrected chi connectivity index (χ2v) is 9.86. The van der Waals surface area contributed by atoms with Gasteiger partial charge in [0.25, 0.3) is 5.56 Å². The fourth-order valence-corrected chi connectivity index (χ4v) is 5.42. The largest absolute Gasteiger partial charge is 0.467 e. The van der Waals surface area contributed by atoms with Crippen molar-refractivity contribution in [2.24, 2.45) is 0 Å². The van der Waals surface area contributed by atoms with Crippen LogP contribution in [0.1, 0.15) is 24.7 Å². The first-order chi connectivity index (χ1) is 16.6. The Morgan fingerprint density at radius 1 is 1.18 bits per heavy atom. The monoisotopic (exact) mass is 493 g/mol. The molecule has 5 rings (SSSR count). The van der Waals surface area contributed by atoms with Crippen molar-refractivity contribution in [3.63, 3.8) is 0 Å². The van der Waals surface area contributed by atoms with Crippen LogP contribution in [0, 0.1) is 0 Å². The maximum Gasteiger partial charge on any atom is 0.273 e. The summed E-state index contributed by atoms with van der Waals surface area (Å²) in [7, 11) is 0. The van der Waals surface area contributed by atoms with Gasteiger partial charge in [-0.15, -0.1) is 21.5 Å². The first-order valence-electron chi connectivity index (χ1n) is 10.9. The maximum atomic E-state index is 13.1. The van der Waals surface area contributed by atoms with E-state index in [4.69, 9.17) is 4.42 Å². The number of hydrogen-bond donors (Lipinski definition) is 1. The van der Waals surface area contributed by atoms with Gasteiger partial charge >= 0.3 is 0 Å². The number of carbonyl (C=O) groups is 1. The normalized spacial score (nSPS) is 12.4. The molecule has 0 aliphatic heterocycles. The van der Waals surface area contributed by atoms with Crippen LogP contribution in [-0.4, -0.2) is 36.9 Å². The van der Waals surface area contributed by atoms with Crippen molar-refractivity contribution in [1.82, 2.24) is 24.5 Å². The quantitative estimate of drug-likeness (QED) is 0.312. The molecule has 0 unspecified atom stereocenters. The van der Waals surface area contributed by atoms with E-state index < -0.39 is 0 Å². The Labute approximate surface area is 203 Å². The van der Waals surface area contributed by atoms with E-state index >= 15 is 0 Å². The number of hydrogen-bond acceptors (Lipinski definition) is 7. The number of thioether (sulfide) groups is 1. The molecule has 10 heteroatoms. The van der Waals surface area contributed by atoms with Crippen molar-refractivity contribution in [3.05, 3.63) is 81.9 Å². The summed E-state index contributed by atoms with van der Waals surface area (Å²) in [6.45, 7) is 2.27. The molecule has 0 spiro atoms. The molecule has 1 aromatic carbocycles. The number of nitrogens with one attached hydrogen (secondary N) is 1. The lowest BCUT2D eigenvalue weighted by Gasteiger charge is -2.13. The van der Waals surface area contributed by atoms with Gasteiger partial charge in [0, 0.05) is 6.04 Å². The van der Waals surface area contributed by atoms with Crippen LogP contribution < -0.4 is 10.9 Å². The Kier molecular flexibility index (Phi) is 6.50. The number of benzene rings is 1. The Morgan fingerprint density at radius 2 is 2.03 bits per heavy atom. The Morgan fingerprint density at radius 3 is 2.82 bits per heavy atom. The zero-order chi connectivity index (χ0) is 23.5. The van der Waals surface area contributed by atoms with Gasteiger partial charge in [0.05, 0.1) is 24.1 Å². The van der Waals surface area contributed by atoms with E-state index in [0.717, 1.165) is 18.4 Å². The van der Waals surface area contributed by atoms with Crippen LogP contribution in [0.4, 0.5) is 0 Å². The van der Waals surface area contributed by atoms with Crippen molar-refractivity contribution in [2.75, 3.05) is 5.75 Å². The average Bonchev–Trinajstić information content (AvgIpc) is 3.60. The highest BCUT2D eigenvalue weighted by Gasteiger charge is 2.19. The predicted molar refractivity (Wildman–Crippen MR) is 134 cm³/mol. The van der Waals surface area contributed by atoms with Crippen LogP contribution in [0.15, 0.2) is 74.5 Å². The van der Waals surface area contributed by atoms with E-state index in [-0.39, 0.29) is 29.8 Å². The number of nitrogens with zero attached hydrogens (tertiary/aromatic N) is 4. The summed E-state index contributed by atoms with van der Waals surface area (Å²) >= 11 is 2.68. The topological polar surface area (TPSA) is 94.4 Å². The molecule has 4 aromatic heterocycles. The molecule has 1 atom stereocenters. The zero-order valence-corrected chi connectivity index (χ0v) is 20.1. The predicted octanol–water partition coefficient (Wildman–Crippen LogP) is 3.98. The summed E-state index contributed by atoms with van der Waals surface area (Å²) in [5.41, 5.74) is 1.86. The third-order valence-electron chi connectivity index (χ3n) is 5.53. The van der Waals surface area contributed by atoms with E-state index in [9.17, 15) is 9.59 Å². The van der Waals surface area contributed by atoms with Gasteiger partial charge in [-0.05, 0) is 48.9 Å². The standard InChI is InChI=1S/C24H23N5O3S2/c1-16(9-10-17-6-3-2-4-7-17)25-20(30)15-34-24-27-26-23-28(14-18-8-5-12-32-18)22(31)21-19(29(23)24)11-13-33-21/h2-8,11-13,16H,9-10,14-15H2,1H3,(H,25,30)/t16-/m1/s1. The highest BCUT2D eigenvalue weighted by Crippen LogP contribution is 2.24. The molecule has 0 aliphatic carbocycles. The molecule has 0 fully saturated rings. The second-order valence-electron chi connectivity index (χ2n) is 8.01. The molecule has 5 aromatic rings. The van der Waals surface area contributed by atoms with Crippen molar-refractivity contribution < 1.29 is 9.21 Å². The molecule has 8 nitrogen and oxygen atoms in total. The van der Waals surface area contributed by atoms with Crippen LogP contribution >= 0.6 is 23.1 Å². The molecule has 174 valence electrons. The first-order valence-corrected chi connectivity index (χ1v) is 12.8. The summed E-state index contributed by atoms with van der Waals surface area (Å²) in [5, 5.41) is 14.1. The van der Waals surface area contributed by atoms with Gasteiger partial charge in [-0.3, -0.25) is 18.6 Å². The van der Waals surface area contributed by atoms with Gasteiger partial charge in [0.1, 0.15) is 10.5 Å². The third-order valence-corrected chi connectivity index (χ3v) is 7.35. The van der Waals surface area contributed by atoms with E-state index in [1.165, 1.54) is 28.7 Å². The lowest BCUT2D eigenvalue weighted by atomic mass is 10.1. The fraction of sp³-hybridized carbons (Fsp3) is 0.250. The fourth-order valence-electron chi connectivity index (χ4n) is 3.84. The molecule has 0 bridgehead atoms. The Hall–Kier alpha value is -3.37. The molecule has 0 saturated heterocycles. The Balaban J connectivity index is 1.31. The molecular formula is C24H23N5O3S2. The lowest BCUT2D eigenvalue weighted by molar-refractivity contribution is -0.119. The number of aryl methyl sites for hydroxylation is 1. The zero-order valence-electron chi connectivity index (χ0n) is 18.5. The molecular weight excluding hydrogens is 470 g/mol. The van der Waals surface area contributed by atoms with Crippen molar-refractivity contribution in [2.45, 2.75) is 37.5 Å². The molecule has 0 radical (unpaired) electrons. The number of amides is 1. The summed E-state index contributed by atoms with van der Waals surface area (Å²) in [6.07, 6.45) is 3.35. The number of aromatic nitrogens is 4. The van der Waals surface area contributed by atoms with Gasteiger partial charge < -0.3 is 9.73 Å². The van der Waals surface area contributed by atoms with E-state index in [1.54, 1.807) is 16.9 Å². The molecule has 1 amide bonds. The lowest BCUT2D eigenvalue weighted by Crippen LogP contribution is -2.34. The molecule has 0 aliphatic rings. The van der Waals surface area contributed by atoms with Crippen LogP contribution in [0.25, 0.3) is 16.0 Å². The highest BCUT2D eigenvalue weighted by molar-refractivity contribution is 7.99. The number of carbonyl (C=O) groups excluding carboxylic acids is 1. The van der Waals surface area contributed by atoms with Gasteiger partial charge in [-0.1, -0.05) is 42.1 Å². The number of fused-ring (bicyclic) bond motifs is 3. The van der Waals surface area contributed by atoms with Gasteiger partial charge in [-0.25, -0.2) is 0 Å². The van der Waals surface area contributed by atoms with E-state index in [1.807, 2.05) is 47.0 Å². The van der Waals surface area contributed by atoms with Crippen molar-refractivity contribution in [3.8, 4) is 0 Å². The second kappa shape index (κ2) is 9.86. The highest BCUT2D eigenvalue weighted by atomic mass is 32.2. The number of thiophene rings is 1. The molecule has 4 heterocycles. The maximum absolute atomic E-state index is 13.1. The van der Waals surface area contributed by atoms with Crippen LogP contribution in [0.5, 0.6) is 0 Å². The van der Waals surface area contributed by atoms with Gasteiger partial charge in [0.2, 0.25) is 11.7 Å². The van der Waals surface area contributed by atoms with Crippen molar-refractivity contribution >= 4 is 45.0 Å². The molecule has 34 heavy (non-hydrogen) atoms. The van der Waals surface area contributed by atoms with E-state index in [0.29, 0.717) is 21.4 Å². The van der Waals surface area contributed by atoms with Gasteiger partial charge in [0.15, 0.2) is 5.16 Å². The summed E-state index contributed by atoms with van der Waals surface area (Å²) in [6, 6.07) is 15.8. The first kappa shape index (κ1) is 22.4. The number of rotatable bonds is 9. The third kappa shape index (κ3) is 4.64. The minimum Gasteiger partial charge on any atom is -0.467 e. The smallest absolute Gasteiger partial charge is 0.273 e. The molecule has 1 N–H and O–H groups in total. The van der Waals surface area contributed by atoms with Gasteiger partial charge in [-0.2, -0.15) is 0 Å². The SMILES string of the molecule is C[C@H](CCc1ccccc1)NC(=O)CSc1nnc2n(Cc3ccco3)c(=O)c3sccc3n12. The minimum atomic E-state index is -0.136. The average molecular weight is 494 g/mol. The van der Waals surface area contributed by atoms with Crippen molar-refractivity contribution in [1.29, 1.82) is 0 Å². The van der Waals surface area contributed by atoms with E-state index in [2.05, 4.69) is 27.6 Å². The number of furan rings is 1. The molecule has 0 saturated carbocycles. The minimum absolute atomic E-state index is 0.0607. The summed E-state index contributed by atoms with van der Waals surface area (Å²) in [4.78, 5) is 25.7. The Bertz CT molecular complexity index is 1470.